The molecule has 2 aliphatic rings. The van der Waals surface area contributed by atoms with Gasteiger partial charge in [0.05, 0.1) is 33.5 Å². The van der Waals surface area contributed by atoms with Gasteiger partial charge in [-0.3, -0.25) is 19.4 Å². The van der Waals surface area contributed by atoms with E-state index in [1.807, 2.05) is 12.1 Å². The molecule has 2 saturated heterocycles. The quantitative estimate of drug-likeness (QED) is 0.312. The molecule has 4 heterocycles. The molecule has 4 N–H and O–H groups in total. The Hall–Kier alpha value is -1.06. The summed E-state index contributed by atoms with van der Waals surface area (Å²) < 4.78 is 1.96. The fourth-order valence-corrected chi connectivity index (χ4v) is 6.66. The molecule has 4 atom stereocenters. The Morgan fingerprint density at radius 1 is 0.775 bits per heavy atom. The minimum Gasteiger partial charge on any atom is -0.311 e. The van der Waals surface area contributed by atoms with Crippen LogP contribution in [0.1, 0.15) is 27.7 Å². The Balaban J connectivity index is 0.00000200. The minimum atomic E-state index is -0.0480. The number of anilines is 2. The number of fused-ring (bicyclic) bond motifs is 2. The Kier molecular flexibility index (Phi) is 14.8. The summed E-state index contributed by atoms with van der Waals surface area (Å²) in [6, 6.07) is 5.34. The number of hydrogen-bond donors (Lipinski definition) is 4. The smallest absolute Gasteiger partial charge is 0.240 e. The second kappa shape index (κ2) is 16.0. The van der Waals surface area contributed by atoms with Crippen molar-refractivity contribution in [3.8, 4) is 0 Å². The Morgan fingerprint density at radius 2 is 1.18 bits per heavy atom. The van der Waals surface area contributed by atoms with Gasteiger partial charge in [0.25, 0.3) is 0 Å². The molecule has 0 spiro atoms. The lowest BCUT2D eigenvalue weighted by atomic mass is 10.1. The number of piperazine rings is 2. The summed E-state index contributed by atoms with van der Waals surface area (Å²) in [5.41, 5.74) is 1.58. The summed E-state index contributed by atoms with van der Waals surface area (Å²) in [6.07, 6.45) is 0. The highest BCUT2D eigenvalue weighted by Gasteiger charge is 2.25. The number of amides is 2. The van der Waals surface area contributed by atoms with Gasteiger partial charge in [0.1, 0.15) is 0 Å². The molecule has 0 saturated carbocycles. The van der Waals surface area contributed by atoms with Gasteiger partial charge >= 0.3 is 0 Å². The van der Waals surface area contributed by atoms with Crippen LogP contribution in [-0.2, 0) is 9.59 Å². The van der Waals surface area contributed by atoms with Crippen molar-refractivity contribution < 1.29 is 9.59 Å². The van der Waals surface area contributed by atoms with Gasteiger partial charge in [0.2, 0.25) is 11.8 Å². The molecular weight excluding hydrogens is 638 g/mol. The molecule has 2 aromatic heterocycles. The van der Waals surface area contributed by atoms with Crippen LogP contribution in [0.15, 0.2) is 12.1 Å². The number of nitrogens with zero attached hydrogens (tertiary/aromatic N) is 4. The summed E-state index contributed by atoms with van der Waals surface area (Å²) in [5, 5.41) is 14.0. The van der Waals surface area contributed by atoms with E-state index >= 15 is 0 Å². The number of aromatic nitrogens is 2. The third-order valence-electron chi connectivity index (χ3n) is 6.87. The van der Waals surface area contributed by atoms with Crippen LogP contribution in [0, 0.1) is 0 Å². The first kappa shape index (κ1) is 37.0. The highest BCUT2D eigenvalue weighted by atomic mass is 35.5. The van der Waals surface area contributed by atoms with Crippen molar-refractivity contribution >= 4 is 115 Å². The van der Waals surface area contributed by atoms with Crippen molar-refractivity contribution in [1.29, 1.82) is 0 Å². The molecule has 2 fully saturated rings. The van der Waals surface area contributed by atoms with Crippen molar-refractivity contribution in [1.82, 2.24) is 30.4 Å². The lowest BCUT2D eigenvalue weighted by molar-refractivity contribution is -0.119. The van der Waals surface area contributed by atoms with E-state index in [1.165, 1.54) is 22.7 Å². The van der Waals surface area contributed by atoms with E-state index in [4.69, 9.17) is 0 Å². The summed E-state index contributed by atoms with van der Waals surface area (Å²) in [6.45, 7) is 12.7. The number of hydrogen-bond acceptors (Lipinski definition) is 10. The third-order valence-corrected chi connectivity index (χ3v) is 8.74. The van der Waals surface area contributed by atoms with Crippen LogP contribution in [0.3, 0.4) is 0 Å². The zero-order valence-electron chi connectivity index (χ0n) is 22.8. The van der Waals surface area contributed by atoms with Gasteiger partial charge in [-0.1, -0.05) is 22.7 Å². The molecule has 4 unspecified atom stereocenters. The number of carbonyl (C=O) groups is 2. The van der Waals surface area contributed by atoms with Gasteiger partial charge in [0, 0.05) is 50.3 Å². The first-order valence-corrected chi connectivity index (χ1v) is 14.1. The van der Waals surface area contributed by atoms with Crippen molar-refractivity contribution in [2.75, 3.05) is 49.9 Å². The zero-order chi connectivity index (χ0) is 25.4. The maximum atomic E-state index is 12.7. The van der Waals surface area contributed by atoms with Gasteiger partial charge in [-0.15, -0.1) is 49.6 Å². The molecule has 10 nitrogen and oxygen atoms in total. The predicted molar refractivity (Wildman–Crippen MR) is 176 cm³/mol. The molecule has 0 aliphatic carbocycles. The van der Waals surface area contributed by atoms with Crippen LogP contribution in [0.25, 0.3) is 20.4 Å². The Morgan fingerprint density at radius 3 is 1.57 bits per heavy atom. The SMILES string of the molecule is CC1CN(CC(=O)Nc2nc3cc4nc(NC(=O)CN5CC(C)NCC5C)sc4cc3s2)C(C)CN1.Cl.Cl.Cl.Cl. The maximum Gasteiger partial charge on any atom is 0.240 e. The number of thiazole rings is 2. The summed E-state index contributed by atoms with van der Waals surface area (Å²) in [4.78, 5) is 38.9. The second-order valence-electron chi connectivity index (χ2n) is 10.1. The summed E-state index contributed by atoms with van der Waals surface area (Å²) in [5.74, 6) is -0.0960. The minimum absolute atomic E-state index is 0. The van der Waals surface area contributed by atoms with Crippen molar-refractivity contribution in [2.45, 2.75) is 51.9 Å². The Labute approximate surface area is 267 Å². The highest BCUT2D eigenvalue weighted by Crippen LogP contribution is 2.34. The van der Waals surface area contributed by atoms with Crippen LogP contribution in [0.5, 0.6) is 0 Å². The highest BCUT2D eigenvalue weighted by molar-refractivity contribution is 7.24. The average molecular weight is 677 g/mol. The van der Waals surface area contributed by atoms with Gasteiger partial charge in [-0.05, 0) is 39.8 Å². The van der Waals surface area contributed by atoms with Gasteiger partial charge in [-0.25, -0.2) is 9.97 Å². The van der Waals surface area contributed by atoms with Crippen LogP contribution >= 0.6 is 72.3 Å². The number of benzene rings is 1. The molecule has 226 valence electrons. The van der Waals surface area contributed by atoms with Crippen LogP contribution in [0.2, 0.25) is 0 Å². The summed E-state index contributed by atoms with van der Waals surface area (Å²) in [7, 11) is 0. The number of nitrogens with one attached hydrogen (secondary N) is 4. The standard InChI is InChI=1S/C24H34N8O2S2.4ClH/c1-13-9-31(15(3)7-25-13)11-21(33)29-23-27-17-5-18-20(6-19(17)35-23)36-24(28-18)30-22(34)12-32-10-14(2)26-8-16(32)4;;;;/h5-6,13-16,25-26H,7-12H2,1-4H3,(H,27,29,33)(H,28,30,34);4*1H. The van der Waals surface area contributed by atoms with E-state index < -0.39 is 0 Å². The molecule has 5 rings (SSSR count). The molecule has 3 aromatic rings. The first-order chi connectivity index (χ1) is 17.2. The van der Waals surface area contributed by atoms with E-state index in [2.05, 4.69) is 68.7 Å². The molecule has 0 radical (unpaired) electrons. The van der Waals surface area contributed by atoms with Gasteiger partial charge < -0.3 is 21.3 Å². The van der Waals surface area contributed by atoms with Crippen LogP contribution in [-0.4, -0.2) is 95.0 Å². The molecule has 2 aliphatic heterocycles. The lowest BCUT2D eigenvalue weighted by Crippen LogP contribution is -2.55. The van der Waals surface area contributed by atoms with Crippen molar-refractivity contribution in [3.05, 3.63) is 12.1 Å². The normalized spacial score (nSPS) is 23.3. The molecule has 16 heteroatoms. The molecule has 1 aromatic carbocycles. The monoisotopic (exact) mass is 674 g/mol. The third kappa shape index (κ3) is 8.97. The summed E-state index contributed by atoms with van der Waals surface area (Å²) >= 11 is 2.91. The predicted octanol–water partition coefficient (Wildman–Crippen LogP) is 3.83. The van der Waals surface area contributed by atoms with Gasteiger partial charge in [0.15, 0.2) is 10.3 Å². The van der Waals surface area contributed by atoms with Crippen LogP contribution in [0.4, 0.5) is 10.3 Å². The van der Waals surface area contributed by atoms with E-state index in [0.717, 1.165) is 46.6 Å². The fourth-order valence-electron chi connectivity index (χ4n) is 4.78. The van der Waals surface area contributed by atoms with Gasteiger partial charge in [-0.2, -0.15) is 0 Å². The molecule has 40 heavy (non-hydrogen) atoms. The molecule has 0 bridgehead atoms. The number of rotatable bonds is 6. The van der Waals surface area contributed by atoms with Crippen molar-refractivity contribution in [2.24, 2.45) is 0 Å². The average Bonchev–Trinajstić information content (AvgIpc) is 3.38. The maximum absolute atomic E-state index is 12.7. The first-order valence-electron chi connectivity index (χ1n) is 12.5. The van der Waals surface area contributed by atoms with E-state index in [1.54, 1.807) is 0 Å². The van der Waals surface area contributed by atoms with E-state index in [9.17, 15) is 9.59 Å². The van der Waals surface area contributed by atoms with E-state index in [-0.39, 0.29) is 61.4 Å². The second-order valence-corrected chi connectivity index (χ2v) is 12.2. The molecule has 2 amide bonds. The Bertz CT molecular complexity index is 1140. The fraction of sp³-hybridized carbons (Fsp3) is 0.583. The van der Waals surface area contributed by atoms with Crippen LogP contribution < -0.4 is 21.3 Å². The largest absolute Gasteiger partial charge is 0.311 e. The number of carbonyl (C=O) groups excluding carboxylic acids is 2. The van der Waals surface area contributed by atoms with E-state index in [0.29, 0.717) is 47.5 Å². The van der Waals surface area contributed by atoms with Crippen molar-refractivity contribution in [3.63, 3.8) is 0 Å². The lowest BCUT2D eigenvalue weighted by Gasteiger charge is -2.36. The molecular formula is C24H38Cl4N8O2S2. The topological polar surface area (TPSA) is 115 Å². The number of halogens is 4. The zero-order valence-corrected chi connectivity index (χ0v) is 27.7.